The third kappa shape index (κ3) is 6.56. The van der Waals surface area contributed by atoms with Gasteiger partial charge in [0, 0.05) is 37.4 Å². The quantitative estimate of drug-likeness (QED) is 0.353. The zero-order valence-corrected chi connectivity index (χ0v) is 20.8. The molecule has 8 heteroatoms. The van der Waals surface area contributed by atoms with Crippen LogP contribution in [0.5, 0.6) is 0 Å². The molecule has 1 saturated carbocycles. The second kappa shape index (κ2) is 11.6. The van der Waals surface area contributed by atoms with Gasteiger partial charge < -0.3 is 14.3 Å². The molecule has 1 aromatic rings. The molecule has 2 rings (SSSR count). The molecule has 0 saturated heterocycles. The fourth-order valence-electron chi connectivity index (χ4n) is 4.47. The number of Topliss-reactive ketones (excluding diaryl/α,β-unsaturated/α-hetero) is 2. The van der Waals surface area contributed by atoms with Crippen molar-refractivity contribution >= 4 is 35.2 Å². The maximum absolute atomic E-state index is 13.1. The van der Waals surface area contributed by atoms with Crippen molar-refractivity contribution in [1.82, 2.24) is 4.90 Å². The SMILES string of the molecule is CC(=O)C[C@@H](CC(C)C)C(=O)OC(C)OC(=O)N(C)[C@]1(c2ccccc2Cl)CCCCC1=O. The second-order valence-electron chi connectivity index (χ2n) is 9.15. The van der Waals surface area contributed by atoms with Gasteiger partial charge in [0.2, 0.25) is 6.29 Å². The molecule has 33 heavy (non-hydrogen) atoms. The van der Waals surface area contributed by atoms with Crippen LogP contribution < -0.4 is 0 Å². The van der Waals surface area contributed by atoms with Crippen LogP contribution in [-0.2, 0) is 29.4 Å². The lowest BCUT2D eigenvalue weighted by Gasteiger charge is -2.43. The summed E-state index contributed by atoms with van der Waals surface area (Å²) in [5, 5.41) is 0.396. The highest BCUT2D eigenvalue weighted by Gasteiger charge is 2.49. The highest BCUT2D eigenvalue weighted by molar-refractivity contribution is 6.31. The molecule has 1 aliphatic rings. The number of esters is 1. The number of ketones is 2. The van der Waals surface area contributed by atoms with Gasteiger partial charge in [-0.2, -0.15) is 0 Å². The lowest BCUT2D eigenvalue weighted by molar-refractivity contribution is -0.173. The molecule has 0 aliphatic heterocycles. The Morgan fingerprint density at radius 3 is 2.36 bits per heavy atom. The Bertz CT molecular complexity index is 885. The number of benzene rings is 1. The summed E-state index contributed by atoms with van der Waals surface area (Å²) in [5.74, 6) is -1.21. The number of nitrogens with zero attached hydrogens (tertiary/aromatic N) is 1. The van der Waals surface area contributed by atoms with E-state index in [1.807, 2.05) is 13.8 Å². The first kappa shape index (κ1) is 26.8. The number of likely N-dealkylation sites (N-methyl/N-ethyl adjacent to an activating group) is 1. The highest BCUT2D eigenvalue weighted by Crippen LogP contribution is 2.42. The molecule has 0 aromatic heterocycles. The van der Waals surface area contributed by atoms with Crippen molar-refractivity contribution in [2.75, 3.05) is 7.05 Å². The van der Waals surface area contributed by atoms with E-state index in [2.05, 4.69) is 0 Å². The Morgan fingerprint density at radius 2 is 1.79 bits per heavy atom. The Morgan fingerprint density at radius 1 is 1.12 bits per heavy atom. The van der Waals surface area contributed by atoms with Crippen LogP contribution in [0.25, 0.3) is 0 Å². The minimum Gasteiger partial charge on any atom is -0.425 e. The summed E-state index contributed by atoms with van der Waals surface area (Å²) in [5.41, 5.74) is -0.689. The summed E-state index contributed by atoms with van der Waals surface area (Å²) in [6.07, 6.45) is 0.828. The Kier molecular flexibility index (Phi) is 9.46. The van der Waals surface area contributed by atoms with E-state index in [0.717, 1.165) is 12.8 Å². The fourth-order valence-corrected chi connectivity index (χ4v) is 4.76. The number of rotatable bonds is 9. The standard InChI is InChI=1S/C25H34ClNO6/c1-16(2)14-19(15-17(3)28)23(30)32-18(4)33-24(31)27(5)25(13-9-8-12-22(25)29)20-10-6-7-11-21(20)26/h6-7,10-11,16,18-19H,8-9,12-15H2,1-5H3/t18?,19-,25+/m1/s1. The predicted molar refractivity (Wildman–Crippen MR) is 125 cm³/mol. The van der Waals surface area contributed by atoms with E-state index in [0.29, 0.717) is 29.8 Å². The average Bonchev–Trinajstić information content (AvgIpc) is 2.73. The van der Waals surface area contributed by atoms with Crippen molar-refractivity contribution in [3.05, 3.63) is 34.9 Å². The first-order chi connectivity index (χ1) is 15.5. The van der Waals surface area contributed by atoms with E-state index in [4.69, 9.17) is 21.1 Å². The van der Waals surface area contributed by atoms with Gasteiger partial charge in [-0.25, -0.2) is 4.79 Å². The van der Waals surface area contributed by atoms with Crippen LogP contribution in [0.1, 0.15) is 71.8 Å². The maximum Gasteiger partial charge on any atom is 0.413 e. The predicted octanol–water partition coefficient (Wildman–Crippen LogP) is 5.28. The van der Waals surface area contributed by atoms with Crippen molar-refractivity contribution in [2.45, 2.75) is 78.0 Å². The molecule has 7 nitrogen and oxygen atoms in total. The first-order valence-electron chi connectivity index (χ1n) is 11.4. The largest absolute Gasteiger partial charge is 0.425 e. The summed E-state index contributed by atoms with van der Waals surface area (Å²) < 4.78 is 10.7. The van der Waals surface area contributed by atoms with Gasteiger partial charge in [-0.15, -0.1) is 0 Å². The van der Waals surface area contributed by atoms with Gasteiger partial charge in [0.05, 0.1) is 5.92 Å². The molecule has 1 aromatic carbocycles. The van der Waals surface area contributed by atoms with Gasteiger partial charge in [-0.05, 0) is 44.6 Å². The summed E-state index contributed by atoms with van der Waals surface area (Å²) in [4.78, 5) is 51.6. The molecule has 182 valence electrons. The molecule has 0 bridgehead atoms. The third-order valence-electron chi connectivity index (χ3n) is 5.99. The monoisotopic (exact) mass is 479 g/mol. The molecular formula is C25H34ClNO6. The van der Waals surface area contributed by atoms with Crippen LogP contribution in [0.2, 0.25) is 5.02 Å². The molecule has 1 fully saturated rings. The van der Waals surface area contributed by atoms with Crippen LogP contribution >= 0.6 is 11.6 Å². The third-order valence-corrected chi connectivity index (χ3v) is 6.32. The molecule has 1 unspecified atom stereocenters. The van der Waals surface area contributed by atoms with E-state index in [9.17, 15) is 19.2 Å². The summed E-state index contributed by atoms with van der Waals surface area (Å²) in [7, 11) is 1.50. The van der Waals surface area contributed by atoms with E-state index >= 15 is 0 Å². The molecule has 0 spiro atoms. The van der Waals surface area contributed by atoms with Crippen LogP contribution in [0.3, 0.4) is 0 Å². The zero-order valence-electron chi connectivity index (χ0n) is 20.1. The normalized spacial score (nSPS) is 20.2. The number of halogens is 1. The molecule has 0 N–H and O–H groups in total. The molecule has 0 radical (unpaired) electrons. The van der Waals surface area contributed by atoms with Crippen molar-refractivity contribution in [3.8, 4) is 0 Å². The summed E-state index contributed by atoms with van der Waals surface area (Å²) >= 11 is 6.43. The highest BCUT2D eigenvalue weighted by atomic mass is 35.5. The molecule has 3 atom stereocenters. The molecule has 1 aliphatic carbocycles. The number of ether oxygens (including phenoxy) is 2. The number of hydrogen-bond acceptors (Lipinski definition) is 6. The smallest absolute Gasteiger partial charge is 0.413 e. The minimum absolute atomic E-state index is 0.0711. The van der Waals surface area contributed by atoms with Gasteiger partial charge in [-0.3, -0.25) is 14.5 Å². The van der Waals surface area contributed by atoms with E-state index < -0.39 is 29.8 Å². The van der Waals surface area contributed by atoms with Crippen molar-refractivity contribution in [1.29, 1.82) is 0 Å². The van der Waals surface area contributed by atoms with Crippen LogP contribution in [0.15, 0.2) is 24.3 Å². The van der Waals surface area contributed by atoms with Gasteiger partial charge >= 0.3 is 12.1 Å². The van der Waals surface area contributed by atoms with Crippen LogP contribution in [-0.4, -0.2) is 41.9 Å². The number of carbonyl (C=O) groups is 4. The van der Waals surface area contributed by atoms with Crippen LogP contribution in [0, 0.1) is 11.8 Å². The lowest BCUT2D eigenvalue weighted by Crippen LogP contribution is -2.54. The van der Waals surface area contributed by atoms with Crippen molar-refractivity contribution < 1.29 is 28.7 Å². The Hall–Kier alpha value is -2.41. The average molecular weight is 480 g/mol. The topological polar surface area (TPSA) is 90.0 Å². The van der Waals surface area contributed by atoms with Gasteiger partial charge in [0.15, 0.2) is 5.78 Å². The van der Waals surface area contributed by atoms with E-state index in [-0.39, 0.29) is 23.9 Å². The first-order valence-corrected chi connectivity index (χ1v) is 11.8. The summed E-state index contributed by atoms with van der Waals surface area (Å²) in [6, 6.07) is 6.98. The van der Waals surface area contributed by atoms with E-state index in [1.165, 1.54) is 25.8 Å². The molecule has 0 heterocycles. The second-order valence-corrected chi connectivity index (χ2v) is 9.56. The number of hydrogen-bond donors (Lipinski definition) is 0. The van der Waals surface area contributed by atoms with Crippen molar-refractivity contribution in [2.24, 2.45) is 11.8 Å². The fraction of sp³-hybridized carbons (Fsp3) is 0.600. The maximum atomic E-state index is 13.1. The lowest BCUT2D eigenvalue weighted by atomic mass is 9.74. The minimum atomic E-state index is -1.24. The van der Waals surface area contributed by atoms with E-state index in [1.54, 1.807) is 24.3 Å². The molecular weight excluding hydrogens is 446 g/mol. The zero-order chi connectivity index (χ0) is 24.8. The number of carbonyl (C=O) groups excluding carboxylic acids is 4. The van der Waals surface area contributed by atoms with Crippen molar-refractivity contribution in [3.63, 3.8) is 0 Å². The van der Waals surface area contributed by atoms with Gasteiger partial charge in [0.1, 0.15) is 11.3 Å². The Labute approximate surface area is 200 Å². The summed E-state index contributed by atoms with van der Waals surface area (Å²) in [6.45, 7) is 6.77. The van der Waals surface area contributed by atoms with Gasteiger partial charge in [-0.1, -0.05) is 43.6 Å². The van der Waals surface area contributed by atoms with Crippen LogP contribution in [0.4, 0.5) is 4.79 Å². The Balaban J connectivity index is 2.18. The molecule has 1 amide bonds. The number of amides is 1. The van der Waals surface area contributed by atoms with Gasteiger partial charge in [0.25, 0.3) is 0 Å².